The summed E-state index contributed by atoms with van der Waals surface area (Å²) in [5.74, 6) is 0.262. The number of aromatic nitrogens is 1. The number of amides is 1. The van der Waals surface area contributed by atoms with Crippen LogP contribution in [0.5, 0.6) is 5.75 Å². The summed E-state index contributed by atoms with van der Waals surface area (Å²) in [6.07, 6.45) is 2.16. The molecule has 2 N–H and O–H groups in total. The minimum Gasteiger partial charge on any atom is -0.496 e. The Morgan fingerprint density at radius 2 is 1.79 bits per heavy atom. The van der Waals surface area contributed by atoms with Crippen LogP contribution in [-0.2, 0) is 13.0 Å². The fraction of sp³-hybridized carbons (Fsp3) is 0.182. The van der Waals surface area contributed by atoms with Crippen LogP contribution in [0.2, 0.25) is 0 Å². The van der Waals surface area contributed by atoms with E-state index in [1.165, 1.54) is 6.07 Å². The van der Waals surface area contributed by atoms with Crippen LogP contribution in [-0.4, -0.2) is 24.5 Å². The number of carbonyl (C=O) groups excluding carboxylic acids is 1. The van der Waals surface area contributed by atoms with Gasteiger partial charge in [-0.2, -0.15) is 0 Å². The first-order valence-corrected chi connectivity index (χ1v) is 9.01. The van der Waals surface area contributed by atoms with Gasteiger partial charge in [0.25, 0.3) is 5.91 Å². The molecule has 0 unspecified atom stereocenters. The average molecular weight is 379 g/mol. The number of anilines is 1. The molecule has 0 aliphatic heterocycles. The van der Waals surface area contributed by atoms with Crippen molar-refractivity contribution in [2.75, 3.05) is 19.0 Å². The highest BCUT2D eigenvalue weighted by atomic mass is 19.1. The van der Waals surface area contributed by atoms with Gasteiger partial charge in [0.15, 0.2) is 0 Å². The van der Waals surface area contributed by atoms with Gasteiger partial charge in [-0.05, 0) is 36.2 Å². The van der Waals surface area contributed by atoms with Crippen LogP contribution in [0.4, 0.5) is 10.1 Å². The zero-order valence-corrected chi connectivity index (χ0v) is 15.6. The Morgan fingerprint density at radius 1 is 1.04 bits per heavy atom. The highest BCUT2D eigenvalue weighted by Crippen LogP contribution is 2.17. The van der Waals surface area contributed by atoms with Gasteiger partial charge < -0.3 is 15.4 Å². The summed E-state index contributed by atoms with van der Waals surface area (Å²) in [6, 6.07) is 17.7. The number of hydrogen-bond donors (Lipinski definition) is 2. The van der Waals surface area contributed by atoms with Crippen molar-refractivity contribution in [1.29, 1.82) is 0 Å². The molecule has 144 valence electrons. The number of methoxy groups -OCH3 is 1. The van der Waals surface area contributed by atoms with Crippen molar-refractivity contribution in [3.05, 3.63) is 89.5 Å². The predicted octanol–water partition coefficient (Wildman–Crippen LogP) is 3.81. The van der Waals surface area contributed by atoms with Crippen molar-refractivity contribution in [1.82, 2.24) is 10.3 Å². The maximum absolute atomic E-state index is 13.6. The van der Waals surface area contributed by atoms with E-state index in [1.807, 2.05) is 30.3 Å². The summed E-state index contributed by atoms with van der Waals surface area (Å²) in [7, 11) is 1.60. The summed E-state index contributed by atoms with van der Waals surface area (Å²) in [6.45, 7) is 0.926. The van der Waals surface area contributed by atoms with Gasteiger partial charge in [0.1, 0.15) is 17.3 Å². The summed E-state index contributed by atoms with van der Waals surface area (Å²) in [5, 5.41) is 6.02. The summed E-state index contributed by atoms with van der Waals surface area (Å²) < 4.78 is 18.9. The topological polar surface area (TPSA) is 63.2 Å². The van der Waals surface area contributed by atoms with Gasteiger partial charge in [-0.1, -0.05) is 36.4 Å². The lowest BCUT2D eigenvalue weighted by molar-refractivity contribution is 0.0945. The second-order valence-corrected chi connectivity index (χ2v) is 6.19. The zero-order chi connectivity index (χ0) is 19.8. The van der Waals surface area contributed by atoms with Crippen LogP contribution in [0.25, 0.3) is 0 Å². The van der Waals surface area contributed by atoms with E-state index in [9.17, 15) is 9.18 Å². The van der Waals surface area contributed by atoms with E-state index in [0.29, 0.717) is 30.8 Å². The number of ether oxygens (including phenoxy) is 1. The van der Waals surface area contributed by atoms with Crippen molar-refractivity contribution in [3.63, 3.8) is 0 Å². The first-order valence-electron chi connectivity index (χ1n) is 9.01. The molecule has 0 aliphatic rings. The van der Waals surface area contributed by atoms with Gasteiger partial charge in [0.05, 0.1) is 19.0 Å². The molecule has 3 rings (SSSR count). The third-order valence-electron chi connectivity index (χ3n) is 4.31. The lowest BCUT2D eigenvalue weighted by Gasteiger charge is -2.10. The van der Waals surface area contributed by atoms with Crippen molar-refractivity contribution in [2.24, 2.45) is 0 Å². The molecule has 0 saturated carbocycles. The molecule has 0 saturated heterocycles. The van der Waals surface area contributed by atoms with Crippen molar-refractivity contribution in [3.8, 4) is 5.75 Å². The van der Waals surface area contributed by atoms with Crippen molar-refractivity contribution in [2.45, 2.75) is 13.0 Å². The molecule has 0 bridgehead atoms. The quantitative estimate of drug-likeness (QED) is 0.625. The molecule has 0 spiro atoms. The van der Waals surface area contributed by atoms with E-state index in [2.05, 4.69) is 15.6 Å². The van der Waals surface area contributed by atoms with E-state index < -0.39 is 0 Å². The highest BCUT2D eigenvalue weighted by molar-refractivity contribution is 5.92. The molecule has 6 heteroatoms. The molecule has 0 fully saturated rings. The van der Waals surface area contributed by atoms with Crippen LogP contribution in [0.15, 0.2) is 66.9 Å². The van der Waals surface area contributed by atoms with Gasteiger partial charge in [-0.3, -0.25) is 4.79 Å². The number of pyridine rings is 1. The Bertz CT molecular complexity index is 929. The minimum atomic E-state index is -0.260. The highest BCUT2D eigenvalue weighted by Gasteiger charge is 2.09. The van der Waals surface area contributed by atoms with Crippen LogP contribution < -0.4 is 15.4 Å². The lowest BCUT2D eigenvalue weighted by Crippen LogP contribution is -2.24. The van der Waals surface area contributed by atoms with Crippen molar-refractivity contribution >= 4 is 11.6 Å². The molecule has 28 heavy (non-hydrogen) atoms. The molecule has 1 aromatic heterocycles. The standard InChI is InChI=1S/C22H22FN3O2/c1-28-21-9-5-3-7-17(21)14-26-22(27)20-11-10-18(15-25-20)24-13-12-16-6-2-4-8-19(16)23/h2-11,15,24H,12-14H2,1H3,(H,26,27). The van der Waals surface area contributed by atoms with Gasteiger partial charge in [0, 0.05) is 18.7 Å². The molecule has 0 radical (unpaired) electrons. The largest absolute Gasteiger partial charge is 0.496 e. The van der Waals surface area contributed by atoms with Crippen LogP contribution >= 0.6 is 0 Å². The van der Waals surface area contributed by atoms with E-state index in [1.54, 1.807) is 37.6 Å². The Kier molecular flexibility index (Phi) is 6.57. The van der Waals surface area contributed by atoms with E-state index >= 15 is 0 Å². The normalized spacial score (nSPS) is 10.4. The average Bonchev–Trinajstić information content (AvgIpc) is 2.74. The number of benzene rings is 2. The van der Waals surface area contributed by atoms with Crippen molar-refractivity contribution < 1.29 is 13.9 Å². The van der Waals surface area contributed by atoms with Gasteiger partial charge >= 0.3 is 0 Å². The second kappa shape index (κ2) is 9.50. The van der Waals surface area contributed by atoms with E-state index in [-0.39, 0.29) is 11.7 Å². The monoisotopic (exact) mass is 379 g/mol. The Morgan fingerprint density at radius 3 is 2.50 bits per heavy atom. The molecule has 0 aliphatic carbocycles. The Hall–Kier alpha value is -3.41. The third kappa shape index (κ3) is 5.07. The SMILES string of the molecule is COc1ccccc1CNC(=O)c1ccc(NCCc2ccccc2F)cn1. The fourth-order valence-electron chi connectivity index (χ4n) is 2.79. The Balaban J connectivity index is 1.50. The van der Waals surface area contributed by atoms with Gasteiger partial charge in [0.2, 0.25) is 0 Å². The third-order valence-corrected chi connectivity index (χ3v) is 4.31. The van der Waals surface area contributed by atoms with Gasteiger partial charge in [-0.25, -0.2) is 9.37 Å². The maximum Gasteiger partial charge on any atom is 0.270 e. The summed E-state index contributed by atoms with van der Waals surface area (Å²) >= 11 is 0. The molecule has 3 aromatic rings. The van der Waals surface area contributed by atoms with Crippen LogP contribution in [0.1, 0.15) is 21.6 Å². The summed E-state index contributed by atoms with van der Waals surface area (Å²) in [4.78, 5) is 16.5. The fourth-order valence-corrected chi connectivity index (χ4v) is 2.79. The number of halogens is 1. The predicted molar refractivity (Wildman–Crippen MR) is 107 cm³/mol. The molecular weight excluding hydrogens is 357 g/mol. The Labute approximate surface area is 163 Å². The number of carbonyl (C=O) groups is 1. The smallest absolute Gasteiger partial charge is 0.270 e. The number of nitrogens with one attached hydrogen (secondary N) is 2. The van der Waals surface area contributed by atoms with E-state index in [0.717, 1.165) is 17.0 Å². The minimum absolute atomic E-state index is 0.204. The zero-order valence-electron chi connectivity index (χ0n) is 15.6. The number of rotatable bonds is 8. The maximum atomic E-state index is 13.6. The first kappa shape index (κ1) is 19.4. The molecule has 5 nitrogen and oxygen atoms in total. The molecule has 0 atom stereocenters. The molecule has 1 amide bonds. The molecule has 1 heterocycles. The molecule has 2 aromatic carbocycles. The van der Waals surface area contributed by atoms with Gasteiger partial charge in [-0.15, -0.1) is 0 Å². The summed E-state index contributed by atoms with van der Waals surface area (Å²) in [5.41, 5.74) is 2.66. The number of para-hydroxylation sites is 1. The molecular formula is C22H22FN3O2. The number of nitrogens with zero attached hydrogens (tertiary/aromatic N) is 1. The lowest BCUT2D eigenvalue weighted by atomic mass is 10.1. The number of hydrogen-bond acceptors (Lipinski definition) is 4. The second-order valence-electron chi connectivity index (χ2n) is 6.19. The van der Waals surface area contributed by atoms with Crippen LogP contribution in [0, 0.1) is 5.82 Å². The van der Waals surface area contributed by atoms with E-state index in [4.69, 9.17) is 4.74 Å². The van der Waals surface area contributed by atoms with Crippen LogP contribution in [0.3, 0.4) is 0 Å². The first-order chi connectivity index (χ1) is 13.7.